The lowest BCUT2D eigenvalue weighted by molar-refractivity contribution is -0.142. The maximum Gasteiger partial charge on any atom is 0.326 e. The van der Waals surface area contributed by atoms with Crippen molar-refractivity contribution in [3.8, 4) is 0 Å². The number of carbonyl (C=O) groups excluding carboxylic acids is 1. The summed E-state index contributed by atoms with van der Waals surface area (Å²) < 4.78 is 18.2. The van der Waals surface area contributed by atoms with E-state index in [-0.39, 0.29) is 18.4 Å². The van der Waals surface area contributed by atoms with E-state index in [1.807, 2.05) is 0 Å². The topological polar surface area (TPSA) is 75.6 Å². The molecular weight excluding hydrogens is 265 g/mol. The van der Waals surface area contributed by atoms with Gasteiger partial charge in [0, 0.05) is 13.7 Å². The predicted molar refractivity (Wildman–Crippen MR) is 70.8 cm³/mol. The number of halogens is 1. The molecule has 0 heterocycles. The van der Waals surface area contributed by atoms with E-state index in [1.165, 1.54) is 25.3 Å². The van der Waals surface area contributed by atoms with Crippen molar-refractivity contribution in [3.63, 3.8) is 0 Å². The average Bonchev–Trinajstić information content (AvgIpc) is 2.40. The van der Waals surface area contributed by atoms with Crippen LogP contribution in [0, 0.1) is 5.82 Å². The fourth-order valence-electron chi connectivity index (χ4n) is 1.75. The highest BCUT2D eigenvalue weighted by molar-refractivity contribution is 5.84. The molecule has 2 N–H and O–H groups in total. The number of carbonyl (C=O) groups is 2. The minimum atomic E-state index is -1.11. The molecule has 5 nitrogen and oxygen atoms in total. The Labute approximate surface area is 116 Å². The third-order valence-corrected chi connectivity index (χ3v) is 2.78. The minimum Gasteiger partial charge on any atom is -0.480 e. The Balaban J connectivity index is 2.54. The van der Waals surface area contributed by atoms with Crippen molar-refractivity contribution in [3.05, 3.63) is 35.6 Å². The first-order chi connectivity index (χ1) is 9.54. The van der Waals surface area contributed by atoms with E-state index in [4.69, 9.17) is 9.84 Å². The molecule has 110 valence electrons. The Morgan fingerprint density at radius 2 is 2.10 bits per heavy atom. The molecule has 0 bridgehead atoms. The first-order valence-corrected chi connectivity index (χ1v) is 6.29. The van der Waals surface area contributed by atoms with Gasteiger partial charge in [-0.05, 0) is 24.5 Å². The first kappa shape index (κ1) is 16.1. The molecular formula is C14H18FNO4. The van der Waals surface area contributed by atoms with E-state index in [9.17, 15) is 14.0 Å². The Morgan fingerprint density at radius 3 is 2.70 bits per heavy atom. The standard InChI is InChI=1S/C14H18FNO4/c1-20-8-4-7-12(14(18)19)16-13(17)9-10-5-2-3-6-11(10)15/h2-3,5-6,12H,4,7-9H2,1H3,(H,16,17)(H,18,19). The van der Waals surface area contributed by atoms with Gasteiger partial charge in [-0.2, -0.15) is 0 Å². The zero-order valence-corrected chi connectivity index (χ0v) is 11.3. The fraction of sp³-hybridized carbons (Fsp3) is 0.429. The van der Waals surface area contributed by atoms with Crippen LogP contribution in [0.15, 0.2) is 24.3 Å². The molecule has 0 fully saturated rings. The molecule has 0 saturated carbocycles. The van der Waals surface area contributed by atoms with Crippen LogP contribution in [0.25, 0.3) is 0 Å². The second-order valence-corrected chi connectivity index (χ2v) is 4.36. The van der Waals surface area contributed by atoms with E-state index in [1.54, 1.807) is 6.07 Å². The molecule has 0 aliphatic rings. The van der Waals surface area contributed by atoms with Crippen molar-refractivity contribution >= 4 is 11.9 Å². The molecule has 6 heteroatoms. The van der Waals surface area contributed by atoms with Crippen molar-refractivity contribution in [2.24, 2.45) is 0 Å². The molecule has 0 aliphatic heterocycles. The van der Waals surface area contributed by atoms with E-state index in [2.05, 4.69) is 5.32 Å². The summed E-state index contributed by atoms with van der Waals surface area (Å²) in [6.07, 6.45) is 0.611. The smallest absolute Gasteiger partial charge is 0.326 e. The number of hydrogen-bond donors (Lipinski definition) is 2. The molecule has 0 radical (unpaired) electrons. The fourth-order valence-corrected chi connectivity index (χ4v) is 1.75. The van der Waals surface area contributed by atoms with Gasteiger partial charge in [0.05, 0.1) is 6.42 Å². The highest BCUT2D eigenvalue weighted by atomic mass is 19.1. The van der Waals surface area contributed by atoms with E-state index < -0.39 is 23.7 Å². The summed E-state index contributed by atoms with van der Waals surface area (Å²) in [4.78, 5) is 22.8. The van der Waals surface area contributed by atoms with Crippen LogP contribution in [0.4, 0.5) is 4.39 Å². The number of hydrogen-bond acceptors (Lipinski definition) is 3. The predicted octanol–water partition coefficient (Wildman–Crippen LogP) is 1.36. The molecule has 0 aromatic heterocycles. The van der Waals surface area contributed by atoms with Crippen LogP contribution in [0.3, 0.4) is 0 Å². The second-order valence-electron chi connectivity index (χ2n) is 4.36. The molecule has 1 atom stereocenters. The van der Waals surface area contributed by atoms with E-state index in [0.717, 1.165) is 0 Å². The van der Waals surface area contributed by atoms with Gasteiger partial charge in [0.25, 0.3) is 0 Å². The van der Waals surface area contributed by atoms with E-state index >= 15 is 0 Å². The van der Waals surface area contributed by atoms with Crippen LogP contribution in [0.5, 0.6) is 0 Å². The molecule has 0 spiro atoms. The van der Waals surface area contributed by atoms with Gasteiger partial charge in [-0.25, -0.2) is 9.18 Å². The van der Waals surface area contributed by atoms with Crippen molar-refractivity contribution in [1.82, 2.24) is 5.32 Å². The van der Waals surface area contributed by atoms with Gasteiger partial charge in [-0.3, -0.25) is 4.79 Å². The lowest BCUT2D eigenvalue weighted by Gasteiger charge is -2.14. The Hall–Kier alpha value is -1.95. The monoisotopic (exact) mass is 283 g/mol. The molecule has 20 heavy (non-hydrogen) atoms. The van der Waals surface area contributed by atoms with Gasteiger partial charge in [0.15, 0.2) is 0 Å². The molecule has 0 aliphatic carbocycles. The summed E-state index contributed by atoms with van der Waals surface area (Å²) in [5.41, 5.74) is 0.242. The van der Waals surface area contributed by atoms with Gasteiger partial charge < -0.3 is 15.2 Å². The van der Waals surface area contributed by atoms with E-state index in [0.29, 0.717) is 13.0 Å². The highest BCUT2D eigenvalue weighted by Gasteiger charge is 2.20. The van der Waals surface area contributed by atoms with Gasteiger partial charge in [-0.1, -0.05) is 18.2 Å². The van der Waals surface area contributed by atoms with Crippen molar-refractivity contribution < 1.29 is 23.8 Å². The van der Waals surface area contributed by atoms with Crippen molar-refractivity contribution in [2.45, 2.75) is 25.3 Å². The third kappa shape index (κ3) is 5.36. The molecule has 0 saturated heterocycles. The molecule has 1 amide bonds. The maximum atomic E-state index is 13.4. The highest BCUT2D eigenvalue weighted by Crippen LogP contribution is 2.07. The number of carboxylic acids is 1. The Bertz CT molecular complexity index is 464. The summed E-state index contributed by atoms with van der Waals surface area (Å²) in [6, 6.07) is 4.93. The zero-order valence-electron chi connectivity index (χ0n) is 11.3. The number of ether oxygens (including phenoxy) is 1. The number of aliphatic carboxylic acids is 1. The SMILES string of the molecule is COCCCC(NC(=O)Cc1ccccc1F)C(=O)O. The van der Waals surface area contributed by atoms with Crippen LogP contribution < -0.4 is 5.32 Å². The average molecular weight is 283 g/mol. The number of carboxylic acid groups (broad SMARTS) is 1. The number of nitrogens with one attached hydrogen (secondary N) is 1. The normalized spacial score (nSPS) is 11.9. The minimum absolute atomic E-state index is 0.180. The third-order valence-electron chi connectivity index (χ3n) is 2.78. The quantitative estimate of drug-likeness (QED) is 0.706. The van der Waals surface area contributed by atoms with Crippen LogP contribution in [-0.2, 0) is 20.7 Å². The van der Waals surface area contributed by atoms with Crippen LogP contribution in [-0.4, -0.2) is 36.7 Å². The molecule has 1 aromatic carbocycles. The lowest BCUT2D eigenvalue weighted by Crippen LogP contribution is -2.41. The number of amides is 1. The van der Waals surface area contributed by atoms with Crippen molar-refractivity contribution in [1.29, 1.82) is 0 Å². The number of methoxy groups -OCH3 is 1. The van der Waals surface area contributed by atoms with Crippen LogP contribution in [0.2, 0.25) is 0 Å². The van der Waals surface area contributed by atoms with Gasteiger partial charge in [0.1, 0.15) is 11.9 Å². The Kier molecular flexibility index (Phi) is 6.66. The summed E-state index contributed by atoms with van der Waals surface area (Å²) in [6.45, 7) is 0.424. The summed E-state index contributed by atoms with van der Waals surface area (Å²) >= 11 is 0. The van der Waals surface area contributed by atoms with Crippen LogP contribution >= 0.6 is 0 Å². The number of benzene rings is 1. The van der Waals surface area contributed by atoms with Gasteiger partial charge >= 0.3 is 5.97 Å². The molecule has 1 aromatic rings. The maximum absolute atomic E-state index is 13.4. The summed E-state index contributed by atoms with van der Waals surface area (Å²) in [7, 11) is 1.52. The zero-order chi connectivity index (χ0) is 15.0. The lowest BCUT2D eigenvalue weighted by atomic mass is 10.1. The Morgan fingerprint density at radius 1 is 1.40 bits per heavy atom. The second kappa shape index (κ2) is 8.27. The number of rotatable bonds is 8. The largest absolute Gasteiger partial charge is 0.480 e. The molecule has 1 rings (SSSR count). The van der Waals surface area contributed by atoms with Gasteiger partial charge in [-0.15, -0.1) is 0 Å². The van der Waals surface area contributed by atoms with Crippen molar-refractivity contribution in [2.75, 3.05) is 13.7 Å². The van der Waals surface area contributed by atoms with Gasteiger partial charge in [0.2, 0.25) is 5.91 Å². The van der Waals surface area contributed by atoms with Crippen LogP contribution in [0.1, 0.15) is 18.4 Å². The first-order valence-electron chi connectivity index (χ1n) is 6.29. The summed E-state index contributed by atoms with van der Waals surface area (Å²) in [5.74, 6) is -2.10. The summed E-state index contributed by atoms with van der Waals surface area (Å²) in [5, 5.41) is 11.4. The molecule has 1 unspecified atom stereocenters.